The van der Waals surface area contributed by atoms with E-state index in [1.54, 1.807) is 0 Å². The number of nitrogens with one attached hydrogen (secondary N) is 1. The molecular formula is C17H30N4. The molecule has 1 aliphatic heterocycles. The van der Waals surface area contributed by atoms with Crippen LogP contribution in [0.5, 0.6) is 0 Å². The van der Waals surface area contributed by atoms with Gasteiger partial charge in [0.2, 0.25) is 0 Å². The minimum atomic E-state index is 0.418. The van der Waals surface area contributed by atoms with E-state index in [1.165, 1.54) is 12.8 Å². The maximum atomic E-state index is 4.76. The van der Waals surface area contributed by atoms with E-state index in [0.29, 0.717) is 5.41 Å². The Balaban J connectivity index is 2.10. The highest BCUT2D eigenvalue weighted by Gasteiger charge is 2.29. The lowest BCUT2D eigenvalue weighted by atomic mass is 9.75. The topological polar surface area (TPSA) is 41.1 Å². The minimum Gasteiger partial charge on any atom is -0.373 e. The average molecular weight is 290 g/mol. The first-order chi connectivity index (χ1) is 9.94. The molecule has 0 bridgehead atoms. The zero-order chi connectivity index (χ0) is 15.5. The van der Waals surface area contributed by atoms with Crippen LogP contribution in [0.2, 0.25) is 0 Å². The van der Waals surface area contributed by atoms with Gasteiger partial charge in [-0.1, -0.05) is 27.7 Å². The summed E-state index contributed by atoms with van der Waals surface area (Å²) in [6, 6.07) is 2.08. The van der Waals surface area contributed by atoms with E-state index >= 15 is 0 Å². The molecule has 1 aromatic rings. The third-order valence-electron chi connectivity index (χ3n) is 4.53. The van der Waals surface area contributed by atoms with Crippen LogP contribution in [0.15, 0.2) is 6.07 Å². The van der Waals surface area contributed by atoms with Crippen LogP contribution in [0, 0.1) is 11.3 Å². The van der Waals surface area contributed by atoms with Crippen LogP contribution in [0.25, 0.3) is 0 Å². The quantitative estimate of drug-likeness (QED) is 0.917. The SMILES string of the molecule is CCCc1nc(NC)cc(N2CCC(C(C)(C)C)CC2)n1. The van der Waals surface area contributed by atoms with Gasteiger partial charge in [-0.25, -0.2) is 9.97 Å². The molecule has 1 saturated heterocycles. The third kappa shape index (κ3) is 4.08. The fraction of sp³-hybridized carbons (Fsp3) is 0.765. The van der Waals surface area contributed by atoms with Gasteiger partial charge in [0.1, 0.15) is 17.5 Å². The van der Waals surface area contributed by atoms with Crippen LogP contribution in [0.4, 0.5) is 11.6 Å². The second-order valence-electron chi connectivity index (χ2n) is 7.15. The molecule has 0 radical (unpaired) electrons. The lowest BCUT2D eigenvalue weighted by Crippen LogP contribution is -2.38. The summed E-state index contributed by atoms with van der Waals surface area (Å²) in [6.07, 6.45) is 4.54. The number of piperidine rings is 1. The van der Waals surface area contributed by atoms with E-state index in [1.807, 2.05) is 7.05 Å². The maximum Gasteiger partial charge on any atom is 0.134 e. The molecule has 4 nitrogen and oxygen atoms in total. The van der Waals surface area contributed by atoms with Crippen LogP contribution in [0.3, 0.4) is 0 Å². The number of hydrogen-bond acceptors (Lipinski definition) is 4. The Morgan fingerprint density at radius 3 is 2.43 bits per heavy atom. The van der Waals surface area contributed by atoms with Gasteiger partial charge >= 0.3 is 0 Å². The summed E-state index contributed by atoms with van der Waals surface area (Å²) in [7, 11) is 1.92. The van der Waals surface area contributed by atoms with Gasteiger partial charge in [-0.15, -0.1) is 0 Å². The number of aromatic nitrogens is 2. The highest BCUT2D eigenvalue weighted by molar-refractivity contribution is 5.49. The Morgan fingerprint density at radius 2 is 1.90 bits per heavy atom. The summed E-state index contributed by atoms with van der Waals surface area (Å²) in [5.74, 6) is 3.79. The number of hydrogen-bond donors (Lipinski definition) is 1. The Labute approximate surface area is 129 Å². The Hall–Kier alpha value is -1.32. The van der Waals surface area contributed by atoms with Gasteiger partial charge in [-0.3, -0.25) is 0 Å². The number of rotatable bonds is 4. The molecule has 4 heteroatoms. The molecule has 0 spiro atoms. The van der Waals surface area contributed by atoms with Crippen molar-refractivity contribution in [1.29, 1.82) is 0 Å². The second-order valence-corrected chi connectivity index (χ2v) is 7.15. The molecule has 0 unspecified atom stereocenters. The summed E-state index contributed by atoms with van der Waals surface area (Å²) in [4.78, 5) is 11.7. The number of nitrogens with zero attached hydrogens (tertiary/aromatic N) is 3. The summed E-state index contributed by atoms with van der Waals surface area (Å²) in [6.45, 7) is 11.5. The maximum absolute atomic E-state index is 4.76. The van der Waals surface area contributed by atoms with Crippen molar-refractivity contribution < 1.29 is 0 Å². The lowest BCUT2D eigenvalue weighted by Gasteiger charge is -2.39. The smallest absolute Gasteiger partial charge is 0.134 e. The molecule has 0 saturated carbocycles. The molecule has 0 aromatic carbocycles. The first-order valence-corrected chi connectivity index (χ1v) is 8.24. The van der Waals surface area contributed by atoms with Gasteiger partial charge in [-0.05, 0) is 30.6 Å². The first-order valence-electron chi connectivity index (χ1n) is 8.24. The average Bonchev–Trinajstić information content (AvgIpc) is 2.46. The van der Waals surface area contributed by atoms with E-state index in [2.05, 4.69) is 49.0 Å². The lowest BCUT2D eigenvalue weighted by molar-refractivity contribution is 0.198. The van der Waals surface area contributed by atoms with E-state index in [0.717, 1.165) is 49.3 Å². The molecule has 2 heterocycles. The van der Waals surface area contributed by atoms with Gasteiger partial charge in [0.05, 0.1) is 0 Å². The zero-order valence-electron chi connectivity index (χ0n) is 14.2. The predicted octanol–water partition coefficient (Wildman–Crippen LogP) is 3.73. The molecule has 0 atom stereocenters. The van der Waals surface area contributed by atoms with E-state index in [-0.39, 0.29) is 0 Å². The Kier molecular flexibility index (Phi) is 5.07. The van der Waals surface area contributed by atoms with Gasteiger partial charge in [-0.2, -0.15) is 0 Å². The largest absolute Gasteiger partial charge is 0.373 e. The van der Waals surface area contributed by atoms with Crippen molar-refractivity contribution >= 4 is 11.6 Å². The summed E-state index contributed by atoms with van der Waals surface area (Å²) < 4.78 is 0. The van der Waals surface area contributed by atoms with E-state index in [9.17, 15) is 0 Å². The van der Waals surface area contributed by atoms with Crippen molar-refractivity contribution in [3.63, 3.8) is 0 Å². The van der Waals surface area contributed by atoms with Gasteiger partial charge < -0.3 is 10.2 Å². The highest BCUT2D eigenvalue weighted by Crippen LogP contribution is 2.35. The summed E-state index contributed by atoms with van der Waals surface area (Å²) >= 11 is 0. The van der Waals surface area contributed by atoms with Gasteiger partial charge in [0.15, 0.2) is 0 Å². The van der Waals surface area contributed by atoms with Crippen LogP contribution >= 0.6 is 0 Å². The molecule has 1 N–H and O–H groups in total. The van der Waals surface area contributed by atoms with Crippen LogP contribution < -0.4 is 10.2 Å². The fourth-order valence-electron chi connectivity index (χ4n) is 3.08. The molecular weight excluding hydrogens is 260 g/mol. The van der Waals surface area contributed by atoms with Crippen molar-refractivity contribution in [3.05, 3.63) is 11.9 Å². The van der Waals surface area contributed by atoms with Crippen molar-refractivity contribution in [2.24, 2.45) is 11.3 Å². The molecule has 1 aliphatic rings. The van der Waals surface area contributed by atoms with Crippen molar-refractivity contribution in [2.45, 2.75) is 53.4 Å². The van der Waals surface area contributed by atoms with Crippen molar-refractivity contribution in [2.75, 3.05) is 30.4 Å². The zero-order valence-corrected chi connectivity index (χ0v) is 14.2. The van der Waals surface area contributed by atoms with Gasteiger partial charge in [0, 0.05) is 32.6 Å². The highest BCUT2D eigenvalue weighted by atomic mass is 15.2. The fourth-order valence-corrected chi connectivity index (χ4v) is 3.08. The molecule has 21 heavy (non-hydrogen) atoms. The van der Waals surface area contributed by atoms with Crippen molar-refractivity contribution in [1.82, 2.24) is 9.97 Å². The Morgan fingerprint density at radius 1 is 1.24 bits per heavy atom. The van der Waals surface area contributed by atoms with Crippen LogP contribution in [0.1, 0.15) is 52.8 Å². The number of aryl methyl sites for hydroxylation is 1. The van der Waals surface area contributed by atoms with Gasteiger partial charge in [0.25, 0.3) is 0 Å². The summed E-state index contributed by atoms with van der Waals surface area (Å²) in [5, 5.41) is 3.16. The molecule has 118 valence electrons. The number of anilines is 2. The predicted molar refractivity (Wildman–Crippen MR) is 90.0 cm³/mol. The third-order valence-corrected chi connectivity index (χ3v) is 4.53. The minimum absolute atomic E-state index is 0.418. The normalized spacial score (nSPS) is 17.1. The van der Waals surface area contributed by atoms with Crippen molar-refractivity contribution in [3.8, 4) is 0 Å². The Bertz CT molecular complexity index is 456. The van der Waals surface area contributed by atoms with Crippen LogP contribution in [-0.4, -0.2) is 30.1 Å². The van der Waals surface area contributed by atoms with E-state index in [4.69, 9.17) is 4.98 Å². The molecule has 2 rings (SSSR count). The first kappa shape index (κ1) is 16.1. The monoisotopic (exact) mass is 290 g/mol. The molecule has 1 fully saturated rings. The second kappa shape index (κ2) is 6.63. The van der Waals surface area contributed by atoms with Crippen LogP contribution in [-0.2, 0) is 6.42 Å². The van der Waals surface area contributed by atoms with E-state index < -0.39 is 0 Å². The standard InChI is InChI=1S/C17H30N4/c1-6-7-14-19-15(18-5)12-16(20-14)21-10-8-13(9-11-21)17(2,3)4/h12-13H,6-11H2,1-5H3,(H,18,19,20). The molecule has 0 aliphatic carbocycles. The molecule has 0 amide bonds. The molecule has 1 aromatic heterocycles. The summed E-state index contributed by atoms with van der Waals surface area (Å²) in [5.41, 5.74) is 0.418.